The summed E-state index contributed by atoms with van der Waals surface area (Å²) in [6.07, 6.45) is 0. The molecule has 0 saturated carbocycles. The maximum absolute atomic E-state index is 11.4. The number of carbonyl (C=O) groups excluding carboxylic acids is 1. The molecule has 0 fully saturated rings. The second-order valence-corrected chi connectivity index (χ2v) is 5.00. The van der Waals surface area contributed by atoms with Gasteiger partial charge in [-0.2, -0.15) is 0 Å². The molecule has 18 heavy (non-hydrogen) atoms. The average molecular weight is 270 g/mol. The molecule has 1 aromatic carbocycles. The highest BCUT2D eigenvalue weighted by Gasteiger charge is 2.24. The molecule has 0 saturated heterocycles. The Bertz CT molecular complexity index is 675. The zero-order valence-corrected chi connectivity index (χ0v) is 10.3. The zero-order chi connectivity index (χ0) is 13.5. The van der Waals surface area contributed by atoms with Crippen molar-refractivity contribution in [2.75, 3.05) is 12.4 Å². The Morgan fingerprint density at radius 1 is 1.50 bits per heavy atom. The van der Waals surface area contributed by atoms with E-state index in [2.05, 4.69) is 10.3 Å². The summed E-state index contributed by atoms with van der Waals surface area (Å²) in [4.78, 5) is 33.6. The molecule has 5 N–H and O–H groups in total. The van der Waals surface area contributed by atoms with E-state index in [0.29, 0.717) is 0 Å². The first-order valence-corrected chi connectivity index (χ1v) is 6.47. The maximum atomic E-state index is 11.4. The van der Waals surface area contributed by atoms with Gasteiger partial charge in [-0.05, 0) is 18.2 Å². The molecular formula is C9H11N4O4P. The quantitative estimate of drug-likeness (QED) is 0.586. The van der Waals surface area contributed by atoms with Crippen LogP contribution in [0, 0.1) is 0 Å². The normalized spacial score (nSPS) is 11.7. The van der Waals surface area contributed by atoms with Crippen LogP contribution in [0.4, 0.5) is 5.95 Å². The van der Waals surface area contributed by atoms with E-state index >= 15 is 0 Å². The summed E-state index contributed by atoms with van der Waals surface area (Å²) < 4.78 is 12.2. The first-order valence-electron chi connectivity index (χ1n) is 4.91. The number of carbonyl (C=O) groups is 1. The Kier molecular flexibility index (Phi) is 2.86. The van der Waals surface area contributed by atoms with Gasteiger partial charge in [0.1, 0.15) is 0 Å². The fraction of sp³-hybridized carbons (Fsp3) is 0.111. The van der Waals surface area contributed by atoms with Crippen molar-refractivity contribution < 1.29 is 19.1 Å². The lowest BCUT2D eigenvalue weighted by Gasteiger charge is -2.09. The van der Waals surface area contributed by atoms with Crippen LogP contribution >= 0.6 is 7.75 Å². The van der Waals surface area contributed by atoms with Gasteiger partial charge in [0.25, 0.3) is 0 Å². The Labute approximate surface area is 102 Å². The second-order valence-electron chi connectivity index (χ2n) is 3.58. The van der Waals surface area contributed by atoms with Gasteiger partial charge >= 0.3 is 7.75 Å². The molecule has 2 rings (SSSR count). The molecule has 1 heterocycles. The molecule has 0 bridgehead atoms. The molecule has 0 spiro atoms. The number of amides is 1. The van der Waals surface area contributed by atoms with Crippen molar-refractivity contribution in [1.82, 2.24) is 9.32 Å². The van der Waals surface area contributed by atoms with Gasteiger partial charge in [-0.25, -0.2) is 13.9 Å². The van der Waals surface area contributed by atoms with Crippen molar-refractivity contribution in [3.05, 3.63) is 23.8 Å². The van der Waals surface area contributed by atoms with Gasteiger partial charge in [-0.1, -0.05) is 0 Å². The Balaban J connectivity index is 2.78. The molecule has 0 aliphatic heterocycles. The molecule has 0 unspecified atom stereocenters. The Morgan fingerprint density at radius 3 is 2.67 bits per heavy atom. The number of nitrogens with zero attached hydrogens (tertiary/aromatic N) is 2. The second kappa shape index (κ2) is 4.09. The molecule has 1 aromatic heterocycles. The van der Waals surface area contributed by atoms with E-state index in [1.54, 1.807) is 0 Å². The largest absolute Gasteiger partial charge is 0.437 e. The predicted molar refractivity (Wildman–Crippen MR) is 65.2 cm³/mol. The van der Waals surface area contributed by atoms with Crippen molar-refractivity contribution in [3.63, 3.8) is 0 Å². The van der Waals surface area contributed by atoms with Crippen LogP contribution in [0.15, 0.2) is 18.2 Å². The molecule has 96 valence electrons. The van der Waals surface area contributed by atoms with E-state index in [1.807, 2.05) is 0 Å². The van der Waals surface area contributed by atoms with Crippen LogP contribution in [0.2, 0.25) is 0 Å². The Hall–Kier alpha value is -1.89. The summed E-state index contributed by atoms with van der Waals surface area (Å²) in [6, 6.07) is 4.16. The van der Waals surface area contributed by atoms with E-state index in [0.717, 1.165) is 4.34 Å². The SMILES string of the molecule is CNc1nc2cc(C(N)=O)ccc2n1P(=O)(O)O. The smallest absolute Gasteiger partial charge is 0.366 e. The summed E-state index contributed by atoms with van der Waals surface area (Å²) in [5, 5.41) is 2.58. The summed E-state index contributed by atoms with van der Waals surface area (Å²) in [6.45, 7) is 0. The molecule has 8 nitrogen and oxygen atoms in total. The third kappa shape index (κ3) is 1.97. The van der Waals surface area contributed by atoms with Gasteiger partial charge in [-0.3, -0.25) is 4.79 Å². The van der Waals surface area contributed by atoms with Crippen molar-refractivity contribution in [1.29, 1.82) is 0 Å². The molecule has 0 aliphatic carbocycles. The van der Waals surface area contributed by atoms with Crippen LogP contribution in [0.25, 0.3) is 11.0 Å². The highest BCUT2D eigenvalue weighted by Crippen LogP contribution is 2.43. The minimum absolute atomic E-state index is 0.0138. The van der Waals surface area contributed by atoms with Crippen molar-refractivity contribution >= 4 is 30.6 Å². The van der Waals surface area contributed by atoms with Gasteiger partial charge < -0.3 is 20.8 Å². The van der Waals surface area contributed by atoms with E-state index < -0.39 is 13.7 Å². The lowest BCUT2D eigenvalue weighted by Crippen LogP contribution is -2.10. The molecule has 1 amide bonds. The number of primary amides is 1. The average Bonchev–Trinajstić information content (AvgIpc) is 2.65. The molecule has 2 aromatic rings. The number of rotatable bonds is 3. The summed E-state index contributed by atoms with van der Waals surface area (Å²) >= 11 is 0. The van der Waals surface area contributed by atoms with E-state index in [9.17, 15) is 19.1 Å². The molecule has 0 atom stereocenters. The monoisotopic (exact) mass is 270 g/mol. The number of hydrogen-bond donors (Lipinski definition) is 4. The topological polar surface area (TPSA) is 130 Å². The highest BCUT2D eigenvalue weighted by atomic mass is 31.2. The van der Waals surface area contributed by atoms with Gasteiger partial charge in [0.2, 0.25) is 11.9 Å². The lowest BCUT2D eigenvalue weighted by atomic mass is 10.2. The van der Waals surface area contributed by atoms with Crippen LogP contribution in [-0.2, 0) is 4.57 Å². The summed E-state index contributed by atoms with van der Waals surface area (Å²) in [7, 11) is -3.04. The number of nitrogens with one attached hydrogen (secondary N) is 1. The first kappa shape index (κ1) is 12.6. The number of hydrogen-bond acceptors (Lipinski definition) is 4. The number of anilines is 1. The van der Waals surface area contributed by atoms with Crippen LogP contribution < -0.4 is 11.1 Å². The zero-order valence-electron chi connectivity index (χ0n) is 9.36. The molecular weight excluding hydrogens is 259 g/mol. The number of benzene rings is 1. The minimum atomic E-state index is -4.53. The van der Waals surface area contributed by atoms with Crippen LogP contribution in [0.5, 0.6) is 0 Å². The van der Waals surface area contributed by atoms with Crippen LogP contribution in [-0.4, -0.2) is 32.1 Å². The van der Waals surface area contributed by atoms with Crippen molar-refractivity contribution in [3.8, 4) is 0 Å². The number of fused-ring (bicyclic) bond motifs is 1. The number of imidazole rings is 1. The third-order valence-electron chi connectivity index (χ3n) is 2.40. The van der Waals surface area contributed by atoms with E-state index in [1.165, 1.54) is 25.2 Å². The fourth-order valence-electron chi connectivity index (χ4n) is 1.65. The number of aromatic nitrogens is 2. The van der Waals surface area contributed by atoms with Gasteiger partial charge in [0, 0.05) is 12.6 Å². The third-order valence-corrected chi connectivity index (χ3v) is 3.33. The van der Waals surface area contributed by atoms with E-state index in [-0.39, 0.29) is 22.5 Å². The fourth-order valence-corrected chi connectivity index (χ4v) is 2.49. The summed E-state index contributed by atoms with van der Waals surface area (Å²) in [5.74, 6) is -0.617. The maximum Gasteiger partial charge on any atom is 0.437 e. The highest BCUT2D eigenvalue weighted by molar-refractivity contribution is 7.50. The van der Waals surface area contributed by atoms with Crippen LogP contribution in [0.1, 0.15) is 10.4 Å². The standard InChI is InChI=1S/C9H11N4O4P/c1-11-9-12-6-4-5(8(10)14)2-3-7(6)13(9)18(15,16)17/h2-4H,1H3,(H2,10,14)(H,11,12)(H2,15,16,17). The minimum Gasteiger partial charge on any atom is -0.366 e. The van der Waals surface area contributed by atoms with E-state index in [4.69, 9.17) is 5.73 Å². The van der Waals surface area contributed by atoms with Gasteiger partial charge in [0.05, 0.1) is 11.0 Å². The predicted octanol–water partition coefficient (Wildman–Crippen LogP) is 0.118. The molecule has 0 radical (unpaired) electrons. The molecule has 0 aliphatic rings. The summed E-state index contributed by atoms with van der Waals surface area (Å²) in [5.41, 5.74) is 5.84. The van der Waals surface area contributed by atoms with Gasteiger partial charge in [0.15, 0.2) is 0 Å². The number of nitrogens with two attached hydrogens (primary N) is 1. The lowest BCUT2D eigenvalue weighted by molar-refractivity contribution is 0.100. The van der Waals surface area contributed by atoms with Crippen LogP contribution in [0.3, 0.4) is 0 Å². The van der Waals surface area contributed by atoms with Crippen molar-refractivity contribution in [2.24, 2.45) is 5.73 Å². The van der Waals surface area contributed by atoms with Crippen molar-refractivity contribution in [2.45, 2.75) is 0 Å². The molecule has 9 heteroatoms. The van der Waals surface area contributed by atoms with Gasteiger partial charge in [-0.15, -0.1) is 0 Å². The Morgan fingerprint density at radius 2 is 2.17 bits per heavy atom. The first-order chi connectivity index (χ1) is 8.34.